The molecular formula is C12H19N3O2S. The van der Waals surface area contributed by atoms with Crippen molar-refractivity contribution in [3.05, 3.63) is 11.5 Å². The van der Waals surface area contributed by atoms with Crippen LogP contribution < -0.4 is 5.73 Å². The summed E-state index contributed by atoms with van der Waals surface area (Å²) in [6, 6.07) is 0. The molecule has 0 unspecified atom stereocenters. The van der Waals surface area contributed by atoms with Gasteiger partial charge in [0.2, 0.25) is 0 Å². The summed E-state index contributed by atoms with van der Waals surface area (Å²) in [6.45, 7) is 4.79. The van der Waals surface area contributed by atoms with Crippen molar-refractivity contribution in [3.8, 4) is 0 Å². The van der Waals surface area contributed by atoms with Crippen LogP contribution in [-0.2, 0) is 11.3 Å². The van der Waals surface area contributed by atoms with E-state index in [-0.39, 0.29) is 10.4 Å². The summed E-state index contributed by atoms with van der Waals surface area (Å²) in [4.78, 5) is 15.9. The minimum atomic E-state index is -0.439. The highest BCUT2D eigenvalue weighted by Gasteiger charge is 2.43. The van der Waals surface area contributed by atoms with Crippen molar-refractivity contribution >= 4 is 23.5 Å². The number of nitrogen functional groups attached to an aromatic ring is 1. The maximum Gasteiger partial charge on any atom is 0.360 e. The Balaban J connectivity index is 2.24. The molecule has 0 spiro atoms. The van der Waals surface area contributed by atoms with Gasteiger partial charge in [0.05, 0.1) is 6.61 Å². The van der Waals surface area contributed by atoms with Gasteiger partial charge in [0.25, 0.3) is 0 Å². The Morgan fingerprint density at radius 3 is 2.78 bits per heavy atom. The predicted molar refractivity (Wildman–Crippen MR) is 72.8 cm³/mol. The summed E-state index contributed by atoms with van der Waals surface area (Å²) < 4.78 is 7.16. The van der Waals surface area contributed by atoms with E-state index in [9.17, 15) is 4.79 Å². The minimum absolute atomic E-state index is 0.242. The molecule has 0 bridgehead atoms. The number of carbonyl (C=O) groups excluding carboxylic acids is 1. The molecule has 1 heterocycles. The SMILES string of the molecule is CCOC(=O)c1nc(C)n(CC2(SC)CC2)c1N. The lowest BCUT2D eigenvalue weighted by Crippen LogP contribution is -2.17. The number of anilines is 1. The summed E-state index contributed by atoms with van der Waals surface area (Å²) in [7, 11) is 0. The van der Waals surface area contributed by atoms with Crippen molar-refractivity contribution in [1.29, 1.82) is 0 Å². The van der Waals surface area contributed by atoms with E-state index in [1.54, 1.807) is 6.92 Å². The number of nitrogens with two attached hydrogens (primary N) is 1. The fourth-order valence-electron chi connectivity index (χ4n) is 1.99. The number of imidazole rings is 1. The van der Waals surface area contributed by atoms with Crippen molar-refractivity contribution in [2.45, 2.75) is 38.0 Å². The van der Waals surface area contributed by atoms with Crippen LogP contribution in [0.15, 0.2) is 0 Å². The number of aromatic nitrogens is 2. The molecule has 0 amide bonds. The predicted octanol–water partition coefficient (Wildman–Crippen LogP) is 1.85. The van der Waals surface area contributed by atoms with Gasteiger partial charge in [0, 0.05) is 11.3 Å². The van der Waals surface area contributed by atoms with E-state index in [4.69, 9.17) is 10.5 Å². The summed E-state index contributed by atoms with van der Waals surface area (Å²) in [5.41, 5.74) is 6.26. The largest absolute Gasteiger partial charge is 0.461 e. The van der Waals surface area contributed by atoms with Gasteiger partial charge in [-0.3, -0.25) is 0 Å². The van der Waals surface area contributed by atoms with Gasteiger partial charge in [0.15, 0.2) is 5.69 Å². The number of nitrogens with zero attached hydrogens (tertiary/aromatic N) is 2. The topological polar surface area (TPSA) is 70.1 Å². The number of hydrogen-bond donors (Lipinski definition) is 1. The van der Waals surface area contributed by atoms with E-state index >= 15 is 0 Å². The number of carbonyl (C=O) groups is 1. The van der Waals surface area contributed by atoms with Crippen LogP contribution in [0.2, 0.25) is 0 Å². The normalized spacial score (nSPS) is 16.6. The van der Waals surface area contributed by atoms with E-state index in [2.05, 4.69) is 11.2 Å². The number of rotatable bonds is 5. The molecule has 5 nitrogen and oxygen atoms in total. The molecule has 0 radical (unpaired) electrons. The van der Waals surface area contributed by atoms with Crippen molar-refractivity contribution in [2.75, 3.05) is 18.6 Å². The van der Waals surface area contributed by atoms with Gasteiger partial charge in [-0.15, -0.1) is 0 Å². The molecule has 1 aromatic rings. The zero-order chi connectivity index (χ0) is 13.3. The van der Waals surface area contributed by atoms with Crippen molar-refractivity contribution in [3.63, 3.8) is 0 Å². The lowest BCUT2D eigenvalue weighted by atomic mass is 10.4. The zero-order valence-electron chi connectivity index (χ0n) is 11.0. The number of ether oxygens (including phenoxy) is 1. The van der Waals surface area contributed by atoms with Crippen molar-refractivity contribution in [1.82, 2.24) is 9.55 Å². The van der Waals surface area contributed by atoms with Crippen LogP contribution in [0.4, 0.5) is 5.82 Å². The maximum atomic E-state index is 11.7. The highest BCUT2D eigenvalue weighted by molar-refractivity contribution is 8.00. The van der Waals surface area contributed by atoms with Crippen LogP contribution in [0, 0.1) is 6.92 Å². The Hall–Kier alpha value is -1.17. The van der Waals surface area contributed by atoms with Crippen LogP contribution in [0.5, 0.6) is 0 Å². The van der Waals surface area contributed by atoms with Crippen LogP contribution >= 0.6 is 11.8 Å². The molecule has 1 aromatic heterocycles. The van der Waals surface area contributed by atoms with Gasteiger partial charge in [-0.05, 0) is 32.9 Å². The van der Waals surface area contributed by atoms with E-state index in [1.165, 1.54) is 12.8 Å². The second-order valence-electron chi connectivity index (χ2n) is 4.59. The molecule has 0 aromatic carbocycles. The monoisotopic (exact) mass is 269 g/mol. The number of hydrogen-bond acceptors (Lipinski definition) is 5. The number of esters is 1. The molecule has 6 heteroatoms. The summed E-state index contributed by atoms with van der Waals surface area (Å²) in [6.07, 6.45) is 4.50. The highest BCUT2D eigenvalue weighted by atomic mass is 32.2. The molecule has 18 heavy (non-hydrogen) atoms. The number of aryl methyl sites for hydroxylation is 1. The Morgan fingerprint density at radius 1 is 1.61 bits per heavy atom. The first-order chi connectivity index (χ1) is 8.53. The molecule has 1 saturated carbocycles. The number of thioether (sulfide) groups is 1. The third kappa shape index (κ3) is 2.34. The molecular weight excluding hydrogens is 250 g/mol. The fraction of sp³-hybridized carbons (Fsp3) is 0.667. The first-order valence-corrected chi connectivity index (χ1v) is 7.30. The van der Waals surface area contributed by atoms with Gasteiger partial charge in [0.1, 0.15) is 11.6 Å². The molecule has 0 aliphatic heterocycles. The Labute approximate surface area is 111 Å². The lowest BCUT2D eigenvalue weighted by molar-refractivity contribution is 0.0521. The Bertz CT molecular complexity index is 466. The quantitative estimate of drug-likeness (QED) is 0.826. The zero-order valence-corrected chi connectivity index (χ0v) is 11.8. The first-order valence-electron chi connectivity index (χ1n) is 6.08. The van der Waals surface area contributed by atoms with E-state index < -0.39 is 5.97 Å². The molecule has 100 valence electrons. The minimum Gasteiger partial charge on any atom is -0.461 e. The molecule has 1 fully saturated rings. The molecule has 0 atom stereocenters. The fourth-order valence-corrected chi connectivity index (χ4v) is 2.75. The summed E-state index contributed by atoms with van der Waals surface area (Å²) in [5, 5.41) is 0. The van der Waals surface area contributed by atoms with E-state index in [0.717, 1.165) is 12.4 Å². The van der Waals surface area contributed by atoms with Gasteiger partial charge in [-0.25, -0.2) is 9.78 Å². The molecule has 0 saturated heterocycles. The lowest BCUT2D eigenvalue weighted by Gasteiger charge is -2.15. The average Bonchev–Trinajstić information content (AvgIpc) is 3.07. The summed E-state index contributed by atoms with van der Waals surface area (Å²) >= 11 is 1.86. The van der Waals surface area contributed by atoms with Gasteiger partial charge in [-0.1, -0.05) is 0 Å². The van der Waals surface area contributed by atoms with Crippen LogP contribution in [0.25, 0.3) is 0 Å². The van der Waals surface area contributed by atoms with Gasteiger partial charge in [-0.2, -0.15) is 11.8 Å². The Kier molecular flexibility index (Phi) is 3.56. The maximum absolute atomic E-state index is 11.7. The second kappa shape index (κ2) is 4.84. The third-order valence-electron chi connectivity index (χ3n) is 3.35. The summed E-state index contributed by atoms with van der Waals surface area (Å²) in [5.74, 6) is 0.757. The smallest absolute Gasteiger partial charge is 0.360 e. The van der Waals surface area contributed by atoms with E-state index in [0.29, 0.717) is 12.4 Å². The highest BCUT2D eigenvalue weighted by Crippen LogP contribution is 2.49. The standard InChI is InChI=1S/C12H19N3O2S/c1-4-17-11(16)9-10(13)15(8(2)14-9)7-12(18-3)5-6-12/h4-7,13H2,1-3H3. The van der Waals surface area contributed by atoms with Crippen LogP contribution in [0.1, 0.15) is 36.1 Å². The first kappa shape index (κ1) is 13.3. The molecule has 2 N–H and O–H groups in total. The van der Waals surface area contributed by atoms with E-state index in [1.807, 2.05) is 23.3 Å². The average molecular weight is 269 g/mol. The van der Waals surface area contributed by atoms with Gasteiger partial charge < -0.3 is 15.0 Å². The van der Waals surface area contributed by atoms with Crippen molar-refractivity contribution in [2.24, 2.45) is 0 Å². The van der Waals surface area contributed by atoms with Crippen molar-refractivity contribution < 1.29 is 9.53 Å². The Morgan fingerprint density at radius 2 is 2.28 bits per heavy atom. The molecule has 2 rings (SSSR count). The molecule has 1 aliphatic carbocycles. The van der Waals surface area contributed by atoms with Gasteiger partial charge >= 0.3 is 5.97 Å². The third-order valence-corrected chi connectivity index (χ3v) is 4.76. The van der Waals surface area contributed by atoms with Crippen LogP contribution in [0.3, 0.4) is 0 Å². The van der Waals surface area contributed by atoms with Crippen LogP contribution in [-0.4, -0.2) is 33.1 Å². The second-order valence-corrected chi connectivity index (χ2v) is 5.86. The molecule has 1 aliphatic rings.